The highest BCUT2D eigenvalue weighted by Crippen LogP contribution is 2.35. The van der Waals surface area contributed by atoms with Crippen molar-refractivity contribution in [3.05, 3.63) is 76.5 Å². The minimum Gasteiger partial charge on any atom is -0.457 e. The van der Waals surface area contributed by atoms with E-state index in [4.69, 9.17) is 4.74 Å². The van der Waals surface area contributed by atoms with Crippen LogP contribution in [0.3, 0.4) is 0 Å². The molecule has 2 heterocycles. The first kappa shape index (κ1) is 25.4. The molecule has 0 radical (unpaired) electrons. The van der Waals surface area contributed by atoms with Gasteiger partial charge in [-0.1, -0.05) is 39.4 Å². The molecule has 0 bridgehead atoms. The quantitative estimate of drug-likeness (QED) is 0.214. The van der Waals surface area contributed by atoms with Crippen molar-refractivity contribution in [1.29, 1.82) is 0 Å². The highest BCUT2D eigenvalue weighted by molar-refractivity contribution is 9.10. The van der Waals surface area contributed by atoms with E-state index in [1.165, 1.54) is 35.9 Å². The molecule has 2 aliphatic rings. The average molecular weight is 609 g/mol. The molecule has 198 valence electrons. The van der Waals surface area contributed by atoms with Gasteiger partial charge in [0.15, 0.2) is 5.13 Å². The lowest BCUT2D eigenvalue weighted by atomic mass is 9.99. The Morgan fingerprint density at radius 2 is 1.92 bits per heavy atom. The van der Waals surface area contributed by atoms with E-state index in [1.807, 2.05) is 24.3 Å². The zero-order valence-electron chi connectivity index (χ0n) is 20.3. The first-order chi connectivity index (χ1) is 18.9. The third-order valence-electron chi connectivity index (χ3n) is 6.31. The maximum absolute atomic E-state index is 14.7. The number of hydrogen-bond acceptors (Lipinski definition) is 8. The molecule has 0 saturated heterocycles. The van der Waals surface area contributed by atoms with Crippen molar-refractivity contribution in [2.24, 2.45) is 10.9 Å². The molecule has 1 aliphatic carbocycles. The van der Waals surface area contributed by atoms with Crippen molar-refractivity contribution in [1.82, 2.24) is 15.8 Å². The molecule has 39 heavy (non-hydrogen) atoms. The fourth-order valence-corrected chi connectivity index (χ4v) is 5.50. The van der Waals surface area contributed by atoms with Gasteiger partial charge in [-0.2, -0.15) is 0 Å². The number of benzene rings is 3. The van der Waals surface area contributed by atoms with Crippen LogP contribution in [0.4, 0.5) is 15.2 Å². The van der Waals surface area contributed by atoms with Gasteiger partial charge in [-0.15, -0.1) is 0 Å². The standard InChI is InChI=1S/C27H22BrFN6O3S/c28-17-3-1-2-15(10-17)13-27(30-14-31-35-27)25(37)32-22-11-18(6-8-20(22)29)38-19-7-9-21-23(12-19)39-26(33-21)34-24(36)16-4-5-16/h1-3,6-12,14,16,35H,4-5,13H2,(H,30,31)(H,32,37)(H,33,34,36). The number of anilines is 2. The van der Waals surface area contributed by atoms with E-state index in [2.05, 4.69) is 47.4 Å². The van der Waals surface area contributed by atoms with Gasteiger partial charge in [0.2, 0.25) is 11.6 Å². The van der Waals surface area contributed by atoms with E-state index in [0.29, 0.717) is 16.6 Å². The molecular formula is C27H22BrFN6O3S. The number of aliphatic imine (C=N–C) groups is 1. The molecule has 0 spiro atoms. The number of fused-ring (bicyclic) bond motifs is 1. The van der Waals surface area contributed by atoms with Crippen LogP contribution in [0.2, 0.25) is 0 Å². The second kappa shape index (κ2) is 10.4. The van der Waals surface area contributed by atoms with Gasteiger partial charge >= 0.3 is 0 Å². The predicted molar refractivity (Wildman–Crippen MR) is 151 cm³/mol. The van der Waals surface area contributed by atoms with Crippen LogP contribution in [0.1, 0.15) is 18.4 Å². The van der Waals surface area contributed by atoms with Crippen molar-refractivity contribution < 1.29 is 18.7 Å². The van der Waals surface area contributed by atoms with E-state index in [9.17, 15) is 14.0 Å². The fourth-order valence-electron chi connectivity index (χ4n) is 4.15. The summed E-state index contributed by atoms with van der Waals surface area (Å²) in [6.45, 7) is 0. The second-order valence-electron chi connectivity index (χ2n) is 9.30. The van der Waals surface area contributed by atoms with Gasteiger partial charge in [0.05, 0.1) is 22.2 Å². The second-order valence-corrected chi connectivity index (χ2v) is 11.3. The molecule has 1 fully saturated rings. The van der Waals surface area contributed by atoms with E-state index < -0.39 is 17.4 Å². The number of halogens is 2. The van der Waals surface area contributed by atoms with Crippen LogP contribution in [0.5, 0.6) is 11.5 Å². The summed E-state index contributed by atoms with van der Waals surface area (Å²) < 4.78 is 22.4. The van der Waals surface area contributed by atoms with Gasteiger partial charge in [0.1, 0.15) is 17.3 Å². The molecule has 1 unspecified atom stereocenters. The molecule has 9 nitrogen and oxygen atoms in total. The molecule has 4 aromatic rings. The van der Waals surface area contributed by atoms with Crippen LogP contribution in [-0.2, 0) is 16.0 Å². The van der Waals surface area contributed by atoms with E-state index >= 15 is 0 Å². The van der Waals surface area contributed by atoms with Gasteiger partial charge in [-0.05, 0) is 54.8 Å². The summed E-state index contributed by atoms with van der Waals surface area (Å²) in [4.78, 5) is 34.2. The summed E-state index contributed by atoms with van der Waals surface area (Å²) in [6, 6.07) is 17.0. The smallest absolute Gasteiger partial charge is 0.269 e. The van der Waals surface area contributed by atoms with Gasteiger partial charge in [-0.25, -0.2) is 19.8 Å². The zero-order valence-corrected chi connectivity index (χ0v) is 22.7. The number of rotatable bonds is 8. The van der Waals surface area contributed by atoms with Gasteiger partial charge in [0, 0.05) is 28.9 Å². The molecule has 2 amide bonds. The first-order valence-electron chi connectivity index (χ1n) is 12.2. The first-order valence-corrected chi connectivity index (χ1v) is 13.8. The normalized spacial score (nSPS) is 18.1. The largest absolute Gasteiger partial charge is 0.457 e. The third-order valence-corrected chi connectivity index (χ3v) is 7.74. The molecule has 12 heteroatoms. The fraction of sp³-hybridized carbons (Fsp3) is 0.185. The summed E-state index contributed by atoms with van der Waals surface area (Å²) in [5.74, 6) is -0.220. The van der Waals surface area contributed by atoms with Crippen molar-refractivity contribution in [3.8, 4) is 11.5 Å². The highest BCUT2D eigenvalue weighted by Gasteiger charge is 2.40. The predicted octanol–water partition coefficient (Wildman–Crippen LogP) is 5.35. The number of amides is 2. The Kier molecular flexibility index (Phi) is 6.75. The molecule has 1 atom stereocenters. The Hall–Kier alpha value is -3.87. The maximum atomic E-state index is 14.7. The molecule has 1 aliphatic heterocycles. The van der Waals surface area contributed by atoms with Crippen molar-refractivity contribution in [2.45, 2.75) is 24.9 Å². The van der Waals surface area contributed by atoms with Gasteiger partial charge < -0.3 is 20.8 Å². The summed E-state index contributed by atoms with van der Waals surface area (Å²) in [6.07, 6.45) is 3.46. The molecule has 3 aromatic carbocycles. The van der Waals surface area contributed by atoms with Crippen molar-refractivity contribution in [3.63, 3.8) is 0 Å². The number of thiazole rings is 1. The summed E-state index contributed by atoms with van der Waals surface area (Å²) in [7, 11) is 0. The zero-order chi connectivity index (χ0) is 27.0. The number of aromatic nitrogens is 1. The molecule has 1 aromatic heterocycles. The molecule has 6 rings (SSSR count). The summed E-state index contributed by atoms with van der Waals surface area (Å²) in [5, 5.41) is 6.05. The van der Waals surface area contributed by atoms with Crippen molar-refractivity contribution >= 4 is 66.5 Å². The van der Waals surface area contributed by atoms with Crippen LogP contribution >= 0.6 is 27.3 Å². The van der Waals surface area contributed by atoms with Crippen LogP contribution < -0.4 is 26.2 Å². The Labute approximate surface area is 235 Å². The summed E-state index contributed by atoms with van der Waals surface area (Å²) in [5.41, 5.74) is 5.82. The number of nitrogens with zero attached hydrogens (tertiary/aromatic N) is 2. The van der Waals surface area contributed by atoms with E-state index in [0.717, 1.165) is 33.1 Å². The Morgan fingerprint density at radius 3 is 2.69 bits per heavy atom. The average Bonchev–Trinajstić information content (AvgIpc) is 3.53. The number of nitrogens with one attached hydrogen (secondary N) is 4. The van der Waals surface area contributed by atoms with Crippen LogP contribution in [-0.4, -0.2) is 28.8 Å². The topological polar surface area (TPSA) is 117 Å². The minimum absolute atomic E-state index is 0.000822. The lowest BCUT2D eigenvalue weighted by Gasteiger charge is -2.25. The van der Waals surface area contributed by atoms with Crippen LogP contribution in [0.15, 0.2) is 70.1 Å². The van der Waals surface area contributed by atoms with Gasteiger partial charge in [-0.3, -0.25) is 9.59 Å². The molecular weight excluding hydrogens is 587 g/mol. The molecule has 4 N–H and O–H groups in total. The lowest BCUT2D eigenvalue weighted by molar-refractivity contribution is -0.122. The Morgan fingerprint density at radius 1 is 1.10 bits per heavy atom. The molecule has 1 saturated carbocycles. The third kappa shape index (κ3) is 5.63. The van der Waals surface area contributed by atoms with E-state index in [1.54, 1.807) is 18.2 Å². The number of carbonyl (C=O) groups excluding carboxylic acids is 2. The van der Waals surface area contributed by atoms with Gasteiger partial charge in [0.25, 0.3) is 5.91 Å². The Balaban J connectivity index is 1.18. The number of hydrogen-bond donors (Lipinski definition) is 4. The lowest BCUT2D eigenvalue weighted by Crippen LogP contribution is -2.55. The highest BCUT2D eigenvalue weighted by atomic mass is 79.9. The maximum Gasteiger partial charge on any atom is 0.269 e. The monoisotopic (exact) mass is 608 g/mol. The van der Waals surface area contributed by atoms with Crippen molar-refractivity contribution in [2.75, 3.05) is 10.6 Å². The summed E-state index contributed by atoms with van der Waals surface area (Å²) >= 11 is 4.79. The minimum atomic E-state index is -1.37. The van der Waals surface area contributed by atoms with E-state index in [-0.39, 0.29) is 23.9 Å². The van der Waals surface area contributed by atoms with Crippen LogP contribution in [0, 0.1) is 11.7 Å². The Bertz CT molecular complexity index is 1620. The number of ether oxygens (including phenoxy) is 1. The number of carbonyl (C=O) groups is 2. The SMILES string of the molecule is O=C(Nc1nc2ccc(Oc3ccc(F)c(NC(=O)C4(Cc5cccc(Br)c5)N=CNN4)c3)cc2s1)C1CC1. The van der Waals surface area contributed by atoms with Crippen LogP contribution in [0.25, 0.3) is 10.2 Å². The number of hydrazine groups is 1.